The Morgan fingerprint density at radius 1 is 0.931 bits per heavy atom. The zero-order valence-corrected chi connectivity index (χ0v) is 16.1. The molecule has 3 aliphatic heterocycles. The smallest absolute Gasteiger partial charge is 0.253 e. The van der Waals surface area contributed by atoms with Crippen molar-refractivity contribution in [1.82, 2.24) is 0 Å². The highest BCUT2D eigenvalue weighted by atomic mass is 16.2. The molecule has 0 saturated carbocycles. The Labute approximate surface area is 169 Å². The van der Waals surface area contributed by atoms with E-state index in [-0.39, 0.29) is 5.91 Å². The molecule has 29 heavy (non-hydrogen) atoms. The molecular weight excluding hydrogens is 358 g/mol. The van der Waals surface area contributed by atoms with Crippen molar-refractivity contribution in [3.05, 3.63) is 83.4 Å². The van der Waals surface area contributed by atoms with Gasteiger partial charge in [-0.2, -0.15) is 0 Å². The second-order valence-electron chi connectivity index (χ2n) is 8.18. The van der Waals surface area contributed by atoms with Gasteiger partial charge in [-0.15, -0.1) is 0 Å². The van der Waals surface area contributed by atoms with Crippen LogP contribution in [0.4, 0.5) is 11.4 Å². The van der Waals surface area contributed by atoms with Crippen LogP contribution in [0, 0.1) is 0 Å². The van der Waals surface area contributed by atoms with Crippen LogP contribution in [-0.4, -0.2) is 24.2 Å². The van der Waals surface area contributed by atoms with Crippen LogP contribution >= 0.6 is 0 Å². The summed E-state index contributed by atoms with van der Waals surface area (Å²) in [6.07, 6.45) is 3.54. The Balaban J connectivity index is 1.25. The van der Waals surface area contributed by atoms with Gasteiger partial charge in [0.25, 0.3) is 5.91 Å². The number of anilines is 2. The second kappa shape index (κ2) is 6.05. The molecule has 1 unspecified atom stereocenters. The highest BCUT2D eigenvalue weighted by molar-refractivity contribution is 6.06. The van der Waals surface area contributed by atoms with Gasteiger partial charge in [0, 0.05) is 30.6 Å². The summed E-state index contributed by atoms with van der Waals surface area (Å²) in [6.45, 7) is 1.53. The lowest BCUT2D eigenvalue weighted by Gasteiger charge is -2.24. The van der Waals surface area contributed by atoms with Crippen LogP contribution < -0.4 is 10.2 Å². The monoisotopic (exact) mass is 379 g/mol. The van der Waals surface area contributed by atoms with E-state index in [0.29, 0.717) is 0 Å². The van der Waals surface area contributed by atoms with E-state index in [0.717, 1.165) is 42.9 Å². The summed E-state index contributed by atoms with van der Waals surface area (Å²) in [4.78, 5) is 19.6. The van der Waals surface area contributed by atoms with Crippen molar-refractivity contribution in [2.24, 2.45) is 4.99 Å². The molecule has 3 aromatic rings. The van der Waals surface area contributed by atoms with Gasteiger partial charge < -0.3 is 10.2 Å². The Morgan fingerprint density at radius 3 is 2.62 bits per heavy atom. The molecular formula is C25H21N3O. The van der Waals surface area contributed by atoms with Crippen molar-refractivity contribution in [3.8, 4) is 11.1 Å². The van der Waals surface area contributed by atoms with Crippen LogP contribution in [-0.2, 0) is 17.8 Å². The average molecular weight is 379 g/mol. The number of nitrogens with one attached hydrogen (secondary N) is 1. The average Bonchev–Trinajstić information content (AvgIpc) is 3.45. The normalized spacial score (nSPS) is 21.5. The summed E-state index contributed by atoms with van der Waals surface area (Å²) in [7, 11) is 0. The van der Waals surface area contributed by atoms with Crippen LogP contribution in [0.2, 0.25) is 0 Å². The fourth-order valence-electron chi connectivity index (χ4n) is 4.83. The molecule has 142 valence electrons. The number of carbonyl (C=O) groups is 1. The van der Waals surface area contributed by atoms with Crippen molar-refractivity contribution < 1.29 is 4.79 Å². The highest BCUT2D eigenvalue weighted by Gasteiger charge is 2.50. The first-order chi connectivity index (χ1) is 14.2. The molecule has 1 amide bonds. The van der Waals surface area contributed by atoms with Gasteiger partial charge in [0.2, 0.25) is 0 Å². The SMILES string of the molecule is O=C1N(c2ccc(-c3ccc4c(c3)C=NC4)cc2)CCC12Cc1ccccc1N2. The molecule has 0 aliphatic carbocycles. The number of hydrogen-bond acceptors (Lipinski definition) is 3. The van der Waals surface area contributed by atoms with Crippen molar-refractivity contribution in [3.63, 3.8) is 0 Å². The van der Waals surface area contributed by atoms with Gasteiger partial charge in [-0.25, -0.2) is 0 Å². The van der Waals surface area contributed by atoms with Gasteiger partial charge in [0.1, 0.15) is 5.54 Å². The van der Waals surface area contributed by atoms with Crippen LogP contribution in [0.3, 0.4) is 0 Å². The molecule has 3 heterocycles. The zero-order valence-electron chi connectivity index (χ0n) is 16.1. The first kappa shape index (κ1) is 16.5. The molecule has 6 rings (SSSR count). The van der Waals surface area contributed by atoms with Crippen molar-refractivity contribution in [2.45, 2.75) is 24.9 Å². The molecule has 0 aromatic heterocycles. The molecule has 1 N–H and O–H groups in total. The molecule has 0 radical (unpaired) electrons. The Morgan fingerprint density at radius 2 is 1.76 bits per heavy atom. The highest BCUT2D eigenvalue weighted by Crippen LogP contribution is 2.40. The third-order valence-corrected chi connectivity index (χ3v) is 6.45. The molecule has 4 heteroatoms. The minimum Gasteiger partial charge on any atom is -0.371 e. The standard InChI is InChI=1S/C25H21N3O/c29-24-25(14-19-3-1-2-4-23(19)27-25)11-12-28(24)22-9-7-17(8-10-22)18-5-6-20-15-26-16-21(20)13-18/h1-10,13,16,27H,11-12,14-15H2. The Hall–Kier alpha value is -3.40. The molecule has 1 saturated heterocycles. The number of hydrogen-bond donors (Lipinski definition) is 1. The summed E-state index contributed by atoms with van der Waals surface area (Å²) in [5.74, 6) is 0.176. The summed E-state index contributed by atoms with van der Waals surface area (Å²) in [5.41, 5.74) is 7.64. The van der Waals surface area contributed by atoms with Crippen LogP contribution in [0.25, 0.3) is 11.1 Å². The first-order valence-corrected chi connectivity index (χ1v) is 10.1. The van der Waals surface area contributed by atoms with Gasteiger partial charge in [-0.05, 0) is 58.5 Å². The first-order valence-electron chi connectivity index (χ1n) is 10.1. The number of benzene rings is 3. The molecule has 1 spiro atoms. The topological polar surface area (TPSA) is 44.7 Å². The third-order valence-electron chi connectivity index (χ3n) is 6.45. The number of amides is 1. The lowest BCUT2D eigenvalue weighted by atomic mass is 9.93. The minimum absolute atomic E-state index is 0.176. The van der Waals surface area contributed by atoms with Gasteiger partial charge in [-0.3, -0.25) is 9.79 Å². The number of aliphatic imine (C=N–C) groups is 1. The number of para-hydroxylation sites is 1. The third kappa shape index (κ3) is 2.52. The number of rotatable bonds is 2. The quantitative estimate of drug-likeness (QED) is 0.716. The Bertz CT molecular complexity index is 1140. The summed E-state index contributed by atoms with van der Waals surface area (Å²) >= 11 is 0. The van der Waals surface area contributed by atoms with Gasteiger partial charge >= 0.3 is 0 Å². The van der Waals surface area contributed by atoms with Crippen molar-refractivity contribution in [2.75, 3.05) is 16.8 Å². The van der Waals surface area contributed by atoms with Gasteiger partial charge in [-0.1, -0.05) is 42.5 Å². The van der Waals surface area contributed by atoms with E-state index in [4.69, 9.17) is 0 Å². The number of nitrogens with zero attached hydrogens (tertiary/aromatic N) is 2. The van der Waals surface area contributed by atoms with E-state index in [9.17, 15) is 4.79 Å². The van der Waals surface area contributed by atoms with E-state index >= 15 is 0 Å². The maximum Gasteiger partial charge on any atom is 0.253 e. The largest absolute Gasteiger partial charge is 0.371 e. The van der Waals surface area contributed by atoms with Crippen LogP contribution in [0.1, 0.15) is 23.1 Å². The zero-order chi connectivity index (χ0) is 19.4. The fraction of sp³-hybridized carbons (Fsp3) is 0.200. The Kier molecular flexibility index (Phi) is 3.45. The van der Waals surface area contributed by atoms with E-state index < -0.39 is 5.54 Å². The lowest BCUT2D eigenvalue weighted by Crippen LogP contribution is -2.45. The molecule has 4 nitrogen and oxygen atoms in total. The predicted molar refractivity (Wildman–Crippen MR) is 117 cm³/mol. The molecule has 3 aromatic carbocycles. The molecule has 1 fully saturated rings. The van der Waals surface area contributed by atoms with E-state index in [1.165, 1.54) is 22.3 Å². The maximum absolute atomic E-state index is 13.3. The summed E-state index contributed by atoms with van der Waals surface area (Å²) in [6, 6.07) is 23.1. The van der Waals surface area contributed by atoms with Crippen LogP contribution in [0.15, 0.2) is 71.7 Å². The number of fused-ring (bicyclic) bond motifs is 2. The van der Waals surface area contributed by atoms with Crippen molar-refractivity contribution >= 4 is 23.5 Å². The minimum atomic E-state index is -0.484. The molecule has 3 aliphatic rings. The summed E-state index contributed by atoms with van der Waals surface area (Å²) in [5, 5.41) is 3.52. The van der Waals surface area contributed by atoms with E-state index in [2.05, 4.69) is 64.9 Å². The van der Waals surface area contributed by atoms with Crippen LogP contribution in [0.5, 0.6) is 0 Å². The maximum atomic E-state index is 13.3. The fourth-order valence-corrected chi connectivity index (χ4v) is 4.83. The van der Waals surface area contributed by atoms with Gasteiger partial charge in [0.05, 0.1) is 6.54 Å². The lowest BCUT2D eigenvalue weighted by molar-refractivity contribution is -0.120. The van der Waals surface area contributed by atoms with E-state index in [1.807, 2.05) is 23.2 Å². The predicted octanol–water partition coefficient (Wildman–Crippen LogP) is 4.43. The van der Waals surface area contributed by atoms with Gasteiger partial charge in [0.15, 0.2) is 0 Å². The second-order valence-corrected chi connectivity index (χ2v) is 8.18. The summed E-state index contributed by atoms with van der Waals surface area (Å²) < 4.78 is 0. The van der Waals surface area contributed by atoms with E-state index in [1.54, 1.807) is 0 Å². The molecule has 0 bridgehead atoms. The number of carbonyl (C=O) groups excluding carboxylic acids is 1. The molecule has 1 atom stereocenters. The van der Waals surface area contributed by atoms with Crippen molar-refractivity contribution in [1.29, 1.82) is 0 Å².